The third-order valence-electron chi connectivity index (χ3n) is 8.18. The van der Waals surface area contributed by atoms with Gasteiger partial charge in [-0.1, -0.05) is 74.1 Å². The maximum atomic E-state index is 15.2. The topological polar surface area (TPSA) is 149 Å². The first-order chi connectivity index (χ1) is 27.2. The smallest absolute Gasteiger partial charge is 0.333 e. The second kappa shape index (κ2) is 20.1. The fourth-order valence-electron chi connectivity index (χ4n) is 5.24. The number of aryl methyl sites for hydroxylation is 2. The lowest BCUT2D eigenvalue weighted by atomic mass is 10.1. The molecule has 0 heterocycles. The molecule has 0 aliphatic carbocycles. The first-order valence-corrected chi connectivity index (χ1v) is 19.2. The monoisotopic (exact) mass is 879 g/mol. The summed E-state index contributed by atoms with van der Waals surface area (Å²) in [5.74, 6) is -5.69. The summed E-state index contributed by atoms with van der Waals surface area (Å²) < 4.78 is 46.6. The van der Waals surface area contributed by atoms with E-state index in [0.717, 1.165) is 0 Å². The van der Waals surface area contributed by atoms with Crippen molar-refractivity contribution >= 4 is 87.4 Å². The molecule has 4 rings (SSSR count). The molecule has 0 unspecified atom stereocenters. The Morgan fingerprint density at radius 3 is 1.45 bits per heavy atom. The molecule has 0 radical (unpaired) electrons. The van der Waals surface area contributed by atoms with Gasteiger partial charge in [0.15, 0.2) is 23.1 Å². The number of ether oxygens (including phenoxy) is 3. The molecule has 0 spiro atoms. The predicted molar refractivity (Wildman–Crippen MR) is 218 cm³/mol. The molecular formula is C41H39Cl4F2N3O8. The predicted octanol–water partition coefficient (Wildman–Crippen LogP) is 9.58. The first-order valence-electron chi connectivity index (χ1n) is 17.7. The van der Waals surface area contributed by atoms with Crippen LogP contribution in [0.15, 0.2) is 48.5 Å². The van der Waals surface area contributed by atoms with Gasteiger partial charge in [0.1, 0.15) is 19.8 Å². The van der Waals surface area contributed by atoms with Gasteiger partial charge < -0.3 is 30.2 Å². The van der Waals surface area contributed by atoms with E-state index in [9.17, 15) is 24.0 Å². The van der Waals surface area contributed by atoms with Gasteiger partial charge in [0.2, 0.25) is 11.8 Å². The second-order valence-corrected chi connectivity index (χ2v) is 15.4. The fourth-order valence-corrected chi connectivity index (χ4v) is 6.47. The van der Waals surface area contributed by atoms with E-state index >= 15 is 8.78 Å². The molecule has 17 heteroatoms. The molecular weight excluding hydrogens is 842 g/mol. The number of amides is 3. The molecule has 308 valence electrons. The highest BCUT2D eigenvalue weighted by molar-refractivity contribution is 6.38. The Balaban J connectivity index is 1.31. The molecule has 0 aliphatic heterocycles. The molecule has 0 aliphatic rings. The SMILES string of the molecule is Cc1cc(COc2c(Cl)cc(CC(=O)OC(=O)CNC(=O)c3cc(Cl)c(OCc4cc(C)cc(NC(=O)C(C)C)c4F)c(Cl)c3)cc2Cl)c(F)c(NC(=O)C(C)C)c1. The first kappa shape index (κ1) is 45.7. The second-order valence-electron chi connectivity index (χ2n) is 13.8. The highest BCUT2D eigenvalue weighted by Crippen LogP contribution is 2.37. The number of esters is 2. The van der Waals surface area contributed by atoms with Crippen molar-refractivity contribution in [1.29, 1.82) is 0 Å². The van der Waals surface area contributed by atoms with E-state index in [4.69, 9.17) is 60.6 Å². The molecule has 0 bridgehead atoms. The number of benzene rings is 4. The van der Waals surface area contributed by atoms with Crippen molar-refractivity contribution in [3.63, 3.8) is 0 Å². The van der Waals surface area contributed by atoms with Gasteiger partial charge in [0, 0.05) is 28.5 Å². The average molecular weight is 882 g/mol. The number of nitrogens with one attached hydrogen (secondary N) is 3. The van der Waals surface area contributed by atoms with Crippen LogP contribution in [0.3, 0.4) is 0 Å². The van der Waals surface area contributed by atoms with Gasteiger partial charge in [-0.3, -0.25) is 19.2 Å². The largest absolute Gasteiger partial charge is 0.486 e. The summed E-state index contributed by atoms with van der Waals surface area (Å²) in [5, 5.41) is 7.22. The summed E-state index contributed by atoms with van der Waals surface area (Å²) in [7, 11) is 0. The van der Waals surface area contributed by atoms with Gasteiger partial charge in [0.25, 0.3) is 5.91 Å². The minimum atomic E-state index is -1.08. The van der Waals surface area contributed by atoms with Crippen LogP contribution in [0.4, 0.5) is 20.2 Å². The number of anilines is 2. The molecule has 3 N–H and O–H groups in total. The normalized spacial score (nSPS) is 11.0. The van der Waals surface area contributed by atoms with E-state index in [1.54, 1.807) is 47.6 Å². The summed E-state index contributed by atoms with van der Waals surface area (Å²) in [6.07, 6.45) is -0.433. The summed E-state index contributed by atoms with van der Waals surface area (Å²) in [6.45, 7) is 8.88. The Labute approximate surface area is 353 Å². The van der Waals surface area contributed by atoms with Crippen LogP contribution in [0, 0.1) is 37.3 Å². The number of hydrogen-bond donors (Lipinski definition) is 3. The highest BCUT2D eigenvalue weighted by Gasteiger charge is 2.21. The quantitative estimate of drug-likeness (QED) is 0.0790. The van der Waals surface area contributed by atoms with Crippen LogP contribution in [0.25, 0.3) is 0 Å². The average Bonchev–Trinajstić information content (AvgIpc) is 3.12. The fraction of sp³-hybridized carbons (Fsp3) is 0.293. The maximum absolute atomic E-state index is 15.2. The molecule has 11 nitrogen and oxygen atoms in total. The van der Waals surface area contributed by atoms with Gasteiger partial charge in [-0.05, 0) is 79.1 Å². The lowest BCUT2D eigenvalue weighted by Gasteiger charge is -2.15. The molecule has 0 aromatic heterocycles. The molecule has 4 aromatic carbocycles. The zero-order chi connectivity index (χ0) is 43.0. The highest BCUT2D eigenvalue weighted by atomic mass is 35.5. The van der Waals surface area contributed by atoms with E-state index < -0.39 is 42.4 Å². The van der Waals surface area contributed by atoms with E-state index in [2.05, 4.69) is 16.0 Å². The van der Waals surface area contributed by atoms with Crippen molar-refractivity contribution in [2.75, 3.05) is 17.2 Å². The van der Waals surface area contributed by atoms with Gasteiger partial charge >= 0.3 is 11.9 Å². The third kappa shape index (κ3) is 12.3. The Kier molecular flexibility index (Phi) is 15.9. The van der Waals surface area contributed by atoms with Crippen molar-refractivity contribution < 1.29 is 47.0 Å². The molecule has 4 aromatic rings. The van der Waals surface area contributed by atoms with E-state index in [0.29, 0.717) is 11.1 Å². The van der Waals surface area contributed by atoms with Crippen LogP contribution in [0.1, 0.15) is 65.9 Å². The van der Waals surface area contributed by atoms with Crippen LogP contribution in [-0.4, -0.2) is 36.2 Å². The van der Waals surface area contributed by atoms with Gasteiger partial charge in [-0.2, -0.15) is 0 Å². The molecule has 0 saturated carbocycles. The number of carbonyl (C=O) groups excluding carboxylic acids is 5. The van der Waals surface area contributed by atoms with Crippen LogP contribution >= 0.6 is 46.4 Å². The maximum Gasteiger partial charge on any atom is 0.333 e. The Morgan fingerprint density at radius 2 is 1.03 bits per heavy atom. The number of carbonyl (C=O) groups is 5. The molecule has 3 amide bonds. The lowest BCUT2D eigenvalue weighted by molar-refractivity contribution is -0.158. The van der Waals surface area contributed by atoms with E-state index in [-0.39, 0.29) is 102 Å². The van der Waals surface area contributed by atoms with Crippen LogP contribution < -0.4 is 25.4 Å². The Morgan fingerprint density at radius 1 is 0.621 bits per heavy atom. The molecule has 0 fully saturated rings. The summed E-state index contributed by atoms with van der Waals surface area (Å²) in [6, 6.07) is 11.2. The van der Waals surface area contributed by atoms with Crippen LogP contribution in [0.5, 0.6) is 11.5 Å². The number of halogens is 6. The summed E-state index contributed by atoms with van der Waals surface area (Å²) in [5.41, 5.74) is 1.80. The van der Waals surface area contributed by atoms with Crippen LogP contribution in [-0.2, 0) is 43.5 Å². The zero-order valence-electron chi connectivity index (χ0n) is 32.1. The summed E-state index contributed by atoms with van der Waals surface area (Å²) >= 11 is 25.4. The Bertz CT molecular complexity index is 2220. The van der Waals surface area contributed by atoms with Crippen molar-refractivity contribution in [2.24, 2.45) is 11.8 Å². The minimum Gasteiger partial charge on any atom is -0.486 e. The number of hydrogen-bond acceptors (Lipinski definition) is 8. The van der Waals surface area contributed by atoms with Crippen molar-refractivity contribution in [2.45, 2.75) is 61.2 Å². The van der Waals surface area contributed by atoms with Gasteiger partial charge in [-0.15, -0.1) is 0 Å². The van der Waals surface area contributed by atoms with Gasteiger partial charge in [0.05, 0.1) is 37.9 Å². The summed E-state index contributed by atoms with van der Waals surface area (Å²) in [4.78, 5) is 62.1. The number of rotatable bonds is 15. The zero-order valence-corrected chi connectivity index (χ0v) is 35.2. The Hall–Kier alpha value is -4.95. The lowest BCUT2D eigenvalue weighted by Crippen LogP contribution is -2.32. The molecule has 0 saturated heterocycles. The van der Waals surface area contributed by atoms with Crippen molar-refractivity contribution in [3.8, 4) is 11.5 Å². The molecule has 0 atom stereocenters. The van der Waals surface area contributed by atoms with E-state index in [1.807, 2.05) is 0 Å². The van der Waals surface area contributed by atoms with E-state index in [1.165, 1.54) is 42.5 Å². The van der Waals surface area contributed by atoms with Crippen LogP contribution in [0.2, 0.25) is 20.1 Å². The third-order valence-corrected chi connectivity index (χ3v) is 9.30. The van der Waals surface area contributed by atoms with Gasteiger partial charge in [-0.25, -0.2) is 13.6 Å². The standard InChI is InChI=1S/C41H39Cl4F2N3O8/c1-19(2)39(53)49-31-9-21(5)7-25(35(31)46)17-56-37-27(42)11-23(12-28(37)43)13-33(51)58-34(52)16-48-41(55)24-14-29(44)38(30(45)15-24)57-18-26-8-22(6)10-32(36(26)47)50-40(54)20(3)4/h7-12,14-15,19-20H,13,16-18H2,1-6H3,(H,48,55)(H,49,53)(H,50,54). The van der Waals surface area contributed by atoms with Crippen molar-refractivity contribution in [1.82, 2.24) is 5.32 Å². The molecule has 58 heavy (non-hydrogen) atoms. The van der Waals surface area contributed by atoms with Crippen molar-refractivity contribution in [3.05, 3.63) is 114 Å². The minimum absolute atomic E-state index is 0.00401.